The summed E-state index contributed by atoms with van der Waals surface area (Å²) >= 11 is 6.55. The van der Waals surface area contributed by atoms with Crippen LogP contribution in [0.3, 0.4) is 0 Å². The molecular weight excluding hydrogens is 809 g/mol. The van der Waals surface area contributed by atoms with E-state index in [9.17, 15) is 35.6 Å². The fraction of sp³-hybridized carbons (Fsp3) is 0.306. The van der Waals surface area contributed by atoms with Crippen molar-refractivity contribution in [2.75, 3.05) is 11.0 Å². The number of nitrogens with one attached hydrogen (secondary N) is 1. The number of halogens is 8. The predicted octanol–water partition coefficient (Wildman–Crippen LogP) is 6.42. The average Bonchev–Trinajstić information content (AvgIpc) is 3.61. The number of amides is 1. The van der Waals surface area contributed by atoms with Crippen molar-refractivity contribution in [3.05, 3.63) is 109 Å². The van der Waals surface area contributed by atoms with Gasteiger partial charge in [-0.3, -0.25) is 23.6 Å². The number of primary amides is 1. The summed E-state index contributed by atoms with van der Waals surface area (Å²) in [6.07, 6.45) is -3.37. The summed E-state index contributed by atoms with van der Waals surface area (Å²) in [4.78, 5) is 33.2. The van der Waals surface area contributed by atoms with Crippen LogP contribution in [0.4, 0.5) is 36.6 Å². The normalized spacial score (nSPS) is 18.2. The van der Waals surface area contributed by atoms with E-state index >= 15 is 13.2 Å². The third kappa shape index (κ3) is 6.19. The van der Waals surface area contributed by atoms with Crippen molar-refractivity contribution in [1.29, 1.82) is 0 Å². The minimum Gasteiger partial charge on any atom is -0.368 e. The Morgan fingerprint density at radius 1 is 1.07 bits per heavy atom. The fourth-order valence-corrected chi connectivity index (χ4v) is 8.85. The molecule has 0 aliphatic heterocycles. The van der Waals surface area contributed by atoms with Gasteiger partial charge in [-0.05, 0) is 73.2 Å². The summed E-state index contributed by atoms with van der Waals surface area (Å²) in [7, 11) is -2.63. The molecule has 0 spiro atoms. The minimum absolute atomic E-state index is 0.0649. The number of carbonyl (C=O) groups excluding carboxylic acids is 1. The number of alkyl halides is 4. The van der Waals surface area contributed by atoms with Crippen molar-refractivity contribution in [3.63, 3.8) is 0 Å². The number of benzene rings is 3. The predicted molar refractivity (Wildman–Crippen MR) is 193 cm³/mol. The van der Waals surface area contributed by atoms with Gasteiger partial charge in [0.25, 0.3) is 17.9 Å². The second-order valence-corrected chi connectivity index (χ2v) is 16.4. The van der Waals surface area contributed by atoms with E-state index in [2.05, 4.69) is 19.9 Å². The maximum absolute atomic E-state index is 16.1. The third-order valence-corrected chi connectivity index (χ3v) is 11.2. The molecule has 1 saturated carbocycles. The number of nitrogens with two attached hydrogens (primary N) is 1. The summed E-state index contributed by atoms with van der Waals surface area (Å²) in [6.45, 7) is 1.48. The van der Waals surface area contributed by atoms with Crippen LogP contribution in [0.5, 0.6) is 0 Å². The Morgan fingerprint density at radius 2 is 1.75 bits per heavy atom. The second kappa shape index (κ2) is 13.0. The van der Waals surface area contributed by atoms with E-state index in [1.807, 2.05) is 0 Å². The Labute approximate surface area is 322 Å². The first kappa shape index (κ1) is 38.4. The smallest absolute Gasteiger partial charge is 0.293 e. The van der Waals surface area contributed by atoms with E-state index in [0.29, 0.717) is 10.7 Å². The number of aromatic nitrogens is 6. The molecule has 6 aromatic rings. The van der Waals surface area contributed by atoms with Crippen LogP contribution in [0.2, 0.25) is 5.02 Å². The average molecular weight is 837 g/mol. The van der Waals surface area contributed by atoms with E-state index < -0.39 is 110 Å². The number of anilines is 1. The molecule has 3 aromatic carbocycles. The standard InChI is InChI=1S/C36H28ClF7N8O4S/c1-13-6-21(40)26-22(7-13)46-34(51(35(26)54)23-5-4-20(37)25-29(23)50(2)48-33(25)49-57(3,55)56)18(10-14-8-15(38)11-16(39)9-14)28(32(45)53)52-30-24(27(47-52)31(41)42)17-12-19(17)36(30,43)44/h4-9,11,17-19,28,31H,10,12H2,1-3H3,(H2,45,53)(H,48,49)/t17-,18?,19+,28-/m0/s1. The largest absolute Gasteiger partial charge is 0.368 e. The first-order valence-electron chi connectivity index (χ1n) is 17.1. The van der Waals surface area contributed by atoms with Gasteiger partial charge in [-0.2, -0.15) is 19.0 Å². The monoisotopic (exact) mass is 836 g/mol. The van der Waals surface area contributed by atoms with E-state index in [1.54, 1.807) is 0 Å². The fourth-order valence-electron chi connectivity index (χ4n) is 8.11. The lowest BCUT2D eigenvalue weighted by molar-refractivity contribution is -0.122. The lowest BCUT2D eigenvalue weighted by Crippen LogP contribution is -2.39. The Kier molecular flexibility index (Phi) is 8.76. The van der Waals surface area contributed by atoms with Crippen LogP contribution in [0.25, 0.3) is 27.5 Å². The van der Waals surface area contributed by atoms with Crippen molar-refractivity contribution in [2.45, 2.75) is 50.0 Å². The Hall–Kier alpha value is -5.50. The molecule has 2 aliphatic carbocycles. The van der Waals surface area contributed by atoms with Gasteiger partial charge >= 0.3 is 0 Å². The van der Waals surface area contributed by atoms with Gasteiger partial charge in [0, 0.05) is 24.6 Å². The topological polar surface area (TPSA) is 160 Å². The molecule has 3 N–H and O–H groups in total. The minimum atomic E-state index is -3.98. The van der Waals surface area contributed by atoms with E-state index in [4.69, 9.17) is 17.3 Å². The second-order valence-electron chi connectivity index (χ2n) is 14.3. The van der Waals surface area contributed by atoms with Crippen LogP contribution >= 0.6 is 11.6 Å². The van der Waals surface area contributed by atoms with Crippen LogP contribution in [0.1, 0.15) is 64.6 Å². The first-order chi connectivity index (χ1) is 26.7. The molecule has 57 heavy (non-hydrogen) atoms. The summed E-state index contributed by atoms with van der Waals surface area (Å²) in [5.41, 5.74) is 1.80. The Bertz CT molecular complexity index is 2880. The zero-order chi connectivity index (χ0) is 41.2. The molecular formula is C36H28ClF7N8O4S. The van der Waals surface area contributed by atoms with Crippen LogP contribution in [-0.2, 0) is 34.2 Å². The highest BCUT2D eigenvalue weighted by Gasteiger charge is 2.67. The number of carbonyl (C=O) groups is 1. The van der Waals surface area contributed by atoms with Crippen LogP contribution < -0.4 is 16.0 Å². The van der Waals surface area contributed by atoms with Gasteiger partial charge in [-0.1, -0.05) is 11.6 Å². The van der Waals surface area contributed by atoms with Crippen molar-refractivity contribution in [2.24, 2.45) is 18.7 Å². The highest BCUT2D eigenvalue weighted by atomic mass is 35.5. The van der Waals surface area contributed by atoms with Crippen LogP contribution in [-0.4, -0.2) is 49.7 Å². The van der Waals surface area contributed by atoms with Crippen molar-refractivity contribution in [3.8, 4) is 5.69 Å². The Morgan fingerprint density at radius 3 is 2.39 bits per heavy atom. The quantitative estimate of drug-likeness (QED) is 0.151. The summed E-state index contributed by atoms with van der Waals surface area (Å²) in [5.74, 6) is -13.5. The number of rotatable bonds is 10. The number of hydrogen-bond donors (Lipinski definition) is 2. The zero-order valence-electron chi connectivity index (χ0n) is 29.7. The maximum atomic E-state index is 16.1. The van der Waals surface area contributed by atoms with Gasteiger partial charge in [-0.15, -0.1) is 0 Å². The van der Waals surface area contributed by atoms with E-state index in [-0.39, 0.29) is 50.5 Å². The van der Waals surface area contributed by atoms with E-state index in [1.165, 1.54) is 32.2 Å². The van der Waals surface area contributed by atoms with Crippen molar-refractivity contribution in [1.82, 2.24) is 29.1 Å². The highest BCUT2D eigenvalue weighted by molar-refractivity contribution is 7.92. The molecule has 2 aliphatic rings. The lowest BCUT2D eigenvalue weighted by atomic mass is 9.89. The number of nitrogens with zero attached hydrogens (tertiary/aromatic N) is 6. The molecule has 1 unspecified atom stereocenters. The number of sulfonamides is 1. The number of hydrogen-bond acceptors (Lipinski definition) is 7. The summed E-state index contributed by atoms with van der Waals surface area (Å²) in [5, 5.41) is 7.31. The molecule has 0 radical (unpaired) electrons. The van der Waals surface area contributed by atoms with Crippen molar-refractivity contribution >= 4 is 55.2 Å². The SMILES string of the molecule is Cc1cc(F)c2c(=O)n(-c3ccc(Cl)c4c(NS(C)(=O)=O)nn(C)c34)c(C(Cc3cc(F)cc(F)c3)[C@@H](C(N)=O)n3nc(C(F)F)c4c3C(F)(F)[C@@H]3C[C@H]43)nc2c1. The molecule has 8 rings (SSSR count). The first-order valence-corrected chi connectivity index (χ1v) is 19.3. The molecule has 1 amide bonds. The molecule has 0 bridgehead atoms. The van der Waals surface area contributed by atoms with E-state index in [0.717, 1.165) is 33.7 Å². The van der Waals surface area contributed by atoms with Gasteiger partial charge in [0.15, 0.2) is 5.82 Å². The molecule has 0 saturated heterocycles. The van der Waals surface area contributed by atoms with Gasteiger partial charge in [0.05, 0.1) is 39.3 Å². The van der Waals surface area contributed by atoms with Crippen LogP contribution in [0.15, 0.2) is 47.3 Å². The summed E-state index contributed by atoms with van der Waals surface area (Å²) in [6, 6.07) is 4.88. The molecule has 4 atom stereocenters. The molecule has 1 fully saturated rings. The molecule has 3 aromatic heterocycles. The molecule has 3 heterocycles. The lowest BCUT2D eigenvalue weighted by Gasteiger charge is -2.30. The molecule has 298 valence electrons. The van der Waals surface area contributed by atoms with Crippen LogP contribution in [0, 0.1) is 30.3 Å². The van der Waals surface area contributed by atoms with Gasteiger partial charge < -0.3 is 5.73 Å². The number of aryl methyl sites for hydroxylation is 2. The maximum Gasteiger partial charge on any atom is 0.293 e. The van der Waals surface area contributed by atoms with Crippen molar-refractivity contribution < 1.29 is 43.9 Å². The molecule has 21 heteroatoms. The number of fused-ring (bicyclic) bond motifs is 5. The van der Waals surface area contributed by atoms with Gasteiger partial charge in [0.2, 0.25) is 15.9 Å². The zero-order valence-corrected chi connectivity index (χ0v) is 31.2. The van der Waals surface area contributed by atoms with Gasteiger partial charge in [-0.25, -0.2) is 40.0 Å². The summed E-state index contributed by atoms with van der Waals surface area (Å²) < 4.78 is 136. The third-order valence-electron chi connectivity index (χ3n) is 10.3. The Balaban J connectivity index is 1.50. The molecule has 12 nitrogen and oxygen atoms in total. The van der Waals surface area contributed by atoms with Gasteiger partial charge in [0.1, 0.15) is 46.1 Å². The highest BCUT2D eigenvalue weighted by Crippen LogP contribution is 2.68.